The van der Waals surface area contributed by atoms with Gasteiger partial charge >= 0.3 is 0 Å². The van der Waals surface area contributed by atoms with Crippen LogP contribution in [0.3, 0.4) is 0 Å². The summed E-state index contributed by atoms with van der Waals surface area (Å²) in [5.41, 5.74) is 4.47. The lowest BCUT2D eigenvalue weighted by molar-refractivity contribution is -0.113. The van der Waals surface area contributed by atoms with Crippen molar-refractivity contribution in [2.75, 3.05) is 5.32 Å². The largest absolute Gasteiger partial charge is 0.350 e. The molecule has 0 saturated carbocycles. The molecule has 0 saturated heterocycles. The van der Waals surface area contributed by atoms with Crippen LogP contribution in [0.5, 0.6) is 0 Å². The Morgan fingerprint density at radius 3 is 2.71 bits per heavy atom. The molecule has 4 nitrogen and oxygen atoms in total. The zero-order chi connectivity index (χ0) is 17.3. The quantitative estimate of drug-likeness (QED) is 0.732. The predicted molar refractivity (Wildman–Crippen MR) is 103 cm³/mol. The van der Waals surface area contributed by atoms with E-state index in [0.29, 0.717) is 10.7 Å². The molecule has 1 aliphatic rings. The van der Waals surface area contributed by atoms with E-state index >= 15 is 0 Å². The molecule has 0 fully saturated rings. The molecule has 2 aromatic rings. The molecule has 0 radical (unpaired) electrons. The SMILES string of the molecule is CC1=C(C(=O)Nc2ccc(C)cc2C)[C@@H](c2cccs2)NC(=S)N1. The monoisotopic (exact) mass is 357 g/mol. The summed E-state index contributed by atoms with van der Waals surface area (Å²) in [6.07, 6.45) is 0. The summed E-state index contributed by atoms with van der Waals surface area (Å²) in [5.74, 6) is -0.125. The Balaban J connectivity index is 1.93. The van der Waals surface area contributed by atoms with Gasteiger partial charge in [0.25, 0.3) is 5.91 Å². The normalized spacial score (nSPS) is 17.3. The van der Waals surface area contributed by atoms with Gasteiger partial charge in [-0.1, -0.05) is 23.8 Å². The molecule has 1 atom stereocenters. The zero-order valence-corrected chi connectivity index (χ0v) is 15.4. The molecule has 0 spiro atoms. The molecule has 124 valence electrons. The van der Waals surface area contributed by atoms with Gasteiger partial charge in [0.1, 0.15) is 0 Å². The summed E-state index contributed by atoms with van der Waals surface area (Å²) in [7, 11) is 0. The minimum absolute atomic E-state index is 0.125. The number of benzene rings is 1. The maximum absolute atomic E-state index is 12.9. The van der Waals surface area contributed by atoms with Crippen molar-refractivity contribution in [3.8, 4) is 0 Å². The van der Waals surface area contributed by atoms with E-state index in [0.717, 1.165) is 21.8 Å². The van der Waals surface area contributed by atoms with E-state index in [2.05, 4.69) is 22.0 Å². The van der Waals surface area contributed by atoms with Gasteiger partial charge in [-0.05, 0) is 56.1 Å². The number of nitrogens with one attached hydrogen (secondary N) is 3. The number of hydrogen-bond donors (Lipinski definition) is 3. The van der Waals surface area contributed by atoms with Crippen molar-refractivity contribution in [1.29, 1.82) is 0 Å². The molecule has 3 N–H and O–H groups in total. The molecule has 1 aromatic heterocycles. The molecular weight excluding hydrogens is 338 g/mol. The van der Waals surface area contributed by atoms with E-state index in [1.54, 1.807) is 11.3 Å². The molecule has 2 heterocycles. The van der Waals surface area contributed by atoms with Crippen LogP contribution in [0.15, 0.2) is 47.0 Å². The van der Waals surface area contributed by atoms with E-state index < -0.39 is 0 Å². The van der Waals surface area contributed by atoms with Gasteiger partial charge in [-0.3, -0.25) is 4.79 Å². The molecule has 1 amide bonds. The highest BCUT2D eigenvalue weighted by Crippen LogP contribution is 2.30. The summed E-state index contributed by atoms with van der Waals surface area (Å²) in [5, 5.41) is 11.8. The van der Waals surface area contributed by atoms with Gasteiger partial charge in [-0.2, -0.15) is 0 Å². The highest BCUT2D eigenvalue weighted by Gasteiger charge is 2.30. The van der Waals surface area contributed by atoms with Crippen LogP contribution in [0.1, 0.15) is 29.0 Å². The second-order valence-corrected chi connectivity index (χ2v) is 7.25. The van der Waals surface area contributed by atoms with Crippen molar-refractivity contribution in [2.24, 2.45) is 0 Å². The first-order chi connectivity index (χ1) is 11.5. The fourth-order valence-electron chi connectivity index (χ4n) is 2.81. The average molecular weight is 358 g/mol. The molecule has 0 unspecified atom stereocenters. The topological polar surface area (TPSA) is 53.2 Å². The molecular formula is C18H19N3OS2. The number of thiocarbonyl (C=S) groups is 1. The van der Waals surface area contributed by atoms with Crippen LogP contribution in [0, 0.1) is 13.8 Å². The molecule has 0 bridgehead atoms. The highest BCUT2D eigenvalue weighted by atomic mass is 32.1. The second-order valence-electron chi connectivity index (χ2n) is 5.86. The maximum Gasteiger partial charge on any atom is 0.255 e. The first kappa shape index (κ1) is 16.7. The van der Waals surface area contributed by atoms with Gasteiger partial charge in [0, 0.05) is 16.3 Å². The van der Waals surface area contributed by atoms with Gasteiger partial charge in [0.05, 0.1) is 11.6 Å². The standard InChI is InChI=1S/C18H19N3OS2/c1-10-6-7-13(11(2)9-10)20-17(22)15-12(3)19-18(23)21-16(15)14-5-4-8-24-14/h4-9,16H,1-3H3,(H,20,22)(H2,19,21,23)/t16-/m1/s1. The Morgan fingerprint density at radius 2 is 2.04 bits per heavy atom. The average Bonchev–Trinajstić information content (AvgIpc) is 3.03. The minimum Gasteiger partial charge on any atom is -0.350 e. The Kier molecular flexibility index (Phi) is 4.69. The summed E-state index contributed by atoms with van der Waals surface area (Å²) in [6.45, 7) is 5.91. The van der Waals surface area contributed by atoms with Gasteiger partial charge in [0.2, 0.25) is 0 Å². The third-order valence-corrected chi connectivity index (χ3v) is 5.13. The predicted octanol–water partition coefficient (Wildman–Crippen LogP) is 3.80. The van der Waals surface area contributed by atoms with Crippen molar-refractivity contribution >= 4 is 40.3 Å². The lowest BCUT2D eigenvalue weighted by Gasteiger charge is -2.29. The number of aryl methyl sites for hydroxylation is 2. The molecule has 24 heavy (non-hydrogen) atoms. The van der Waals surface area contributed by atoms with Gasteiger partial charge in [-0.25, -0.2) is 0 Å². The third-order valence-electron chi connectivity index (χ3n) is 3.97. The van der Waals surface area contributed by atoms with Crippen LogP contribution in [0.2, 0.25) is 0 Å². The first-order valence-corrected chi connectivity index (χ1v) is 8.95. The number of hydrogen-bond acceptors (Lipinski definition) is 3. The van der Waals surface area contributed by atoms with Gasteiger partial charge < -0.3 is 16.0 Å². The number of amides is 1. The molecule has 3 rings (SSSR count). The fraction of sp³-hybridized carbons (Fsp3) is 0.222. The lowest BCUT2D eigenvalue weighted by Crippen LogP contribution is -2.45. The number of carbonyl (C=O) groups is 1. The zero-order valence-electron chi connectivity index (χ0n) is 13.8. The van der Waals surface area contributed by atoms with Crippen molar-refractivity contribution in [1.82, 2.24) is 10.6 Å². The number of allylic oxidation sites excluding steroid dienone is 1. The Labute approximate surface area is 151 Å². The summed E-state index contributed by atoms with van der Waals surface area (Å²) in [6, 6.07) is 9.74. The van der Waals surface area contributed by atoms with Crippen molar-refractivity contribution in [3.63, 3.8) is 0 Å². The van der Waals surface area contributed by atoms with E-state index in [1.165, 1.54) is 5.56 Å². The molecule has 1 aliphatic heterocycles. The Hall–Kier alpha value is -2.18. The summed E-state index contributed by atoms with van der Waals surface area (Å²) < 4.78 is 0. The van der Waals surface area contributed by atoms with Crippen LogP contribution in [0.25, 0.3) is 0 Å². The number of rotatable bonds is 3. The minimum atomic E-state index is -0.232. The van der Waals surface area contributed by atoms with Gasteiger partial charge in [-0.15, -0.1) is 11.3 Å². The summed E-state index contributed by atoms with van der Waals surface area (Å²) in [4.78, 5) is 14.0. The lowest BCUT2D eigenvalue weighted by atomic mass is 10.0. The van der Waals surface area contributed by atoms with E-state index in [-0.39, 0.29) is 11.9 Å². The van der Waals surface area contributed by atoms with Crippen LogP contribution < -0.4 is 16.0 Å². The third kappa shape index (κ3) is 3.34. The highest BCUT2D eigenvalue weighted by molar-refractivity contribution is 7.80. The number of thiophene rings is 1. The van der Waals surface area contributed by atoms with Crippen molar-refractivity contribution < 1.29 is 4.79 Å². The van der Waals surface area contributed by atoms with Crippen LogP contribution in [0.4, 0.5) is 5.69 Å². The van der Waals surface area contributed by atoms with E-state index in [4.69, 9.17) is 12.2 Å². The first-order valence-electron chi connectivity index (χ1n) is 7.66. The second kappa shape index (κ2) is 6.75. The van der Waals surface area contributed by atoms with Crippen molar-refractivity contribution in [3.05, 3.63) is 63.0 Å². The van der Waals surface area contributed by atoms with E-state index in [9.17, 15) is 4.79 Å². The Morgan fingerprint density at radius 1 is 1.25 bits per heavy atom. The number of anilines is 1. The van der Waals surface area contributed by atoms with Crippen LogP contribution in [-0.2, 0) is 4.79 Å². The molecule has 0 aliphatic carbocycles. The van der Waals surface area contributed by atoms with Crippen LogP contribution in [-0.4, -0.2) is 11.0 Å². The molecule has 1 aromatic carbocycles. The smallest absolute Gasteiger partial charge is 0.255 e. The van der Waals surface area contributed by atoms with Crippen LogP contribution >= 0.6 is 23.6 Å². The van der Waals surface area contributed by atoms with Gasteiger partial charge in [0.15, 0.2) is 5.11 Å². The molecule has 6 heteroatoms. The fourth-order valence-corrected chi connectivity index (χ4v) is 3.86. The van der Waals surface area contributed by atoms with E-state index in [1.807, 2.05) is 50.4 Å². The maximum atomic E-state index is 12.9. The summed E-state index contributed by atoms with van der Waals surface area (Å²) >= 11 is 6.86. The number of carbonyl (C=O) groups excluding carboxylic acids is 1. The van der Waals surface area contributed by atoms with Crippen molar-refractivity contribution in [2.45, 2.75) is 26.8 Å². The Bertz CT molecular complexity index is 825.